The van der Waals surface area contributed by atoms with E-state index in [0.717, 1.165) is 32.2 Å². The quantitative estimate of drug-likeness (QED) is 0.682. The van der Waals surface area contributed by atoms with Crippen LogP contribution in [0.4, 0.5) is 4.79 Å². The van der Waals surface area contributed by atoms with E-state index in [9.17, 15) is 9.59 Å². The fourth-order valence-electron chi connectivity index (χ4n) is 2.37. The maximum atomic E-state index is 12.0. The van der Waals surface area contributed by atoms with E-state index in [1.165, 1.54) is 7.11 Å². The van der Waals surface area contributed by atoms with Crippen molar-refractivity contribution in [1.82, 2.24) is 10.6 Å². The molecule has 2 aliphatic rings. The van der Waals surface area contributed by atoms with Crippen LogP contribution in [-0.4, -0.2) is 37.6 Å². The van der Waals surface area contributed by atoms with Crippen molar-refractivity contribution in [3.05, 3.63) is 0 Å². The summed E-state index contributed by atoms with van der Waals surface area (Å²) in [5.41, 5.74) is 0. The molecule has 1 saturated heterocycles. The molecule has 2 fully saturated rings. The summed E-state index contributed by atoms with van der Waals surface area (Å²) in [6.07, 6.45) is 3.83. The van der Waals surface area contributed by atoms with Crippen molar-refractivity contribution in [1.29, 1.82) is 0 Å². The minimum absolute atomic E-state index is 0.0530. The molecule has 1 amide bonds. The number of ether oxygens (including phenoxy) is 1. The molecule has 1 aliphatic heterocycles. The number of carbonyl (C=O) groups excluding carboxylic acids is 2. The highest BCUT2D eigenvalue weighted by Gasteiger charge is 2.39. The maximum Gasteiger partial charge on any atom is 0.407 e. The number of carbonyl (C=O) groups is 2. The number of Topliss-reactive ketones (excluding diaryl/α,β-unsaturated/α-hetero) is 1. The first-order chi connectivity index (χ1) is 7.72. The molecule has 2 N–H and O–H groups in total. The zero-order chi connectivity index (χ0) is 11.5. The minimum atomic E-state index is -0.508. The third kappa shape index (κ3) is 2.52. The van der Waals surface area contributed by atoms with E-state index in [2.05, 4.69) is 15.4 Å². The highest BCUT2D eigenvalue weighted by atomic mass is 16.5. The van der Waals surface area contributed by atoms with Gasteiger partial charge in [-0.1, -0.05) is 12.8 Å². The van der Waals surface area contributed by atoms with Gasteiger partial charge in [0.05, 0.1) is 19.2 Å². The molecule has 0 aromatic carbocycles. The summed E-state index contributed by atoms with van der Waals surface area (Å²) >= 11 is 0. The standard InChI is InChI=1S/C11H18N2O3/c1-16-11(15)13-9(7-4-2-3-5-7)10(14)8-6-12-8/h7-9,12H,2-6H2,1H3,(H,13,15). The molecular weight excluding hydrogens is 208 g/mol. The average Bonchev–Trinajstić information content (AvgIpc) is 3.01. The van der Waals surface area contributed by atoms with E-state index in [1.807, 2.05) is 0 Å². The Labute approximate surface area is 94.9 Å². The fraction of sp³-hybridized carbons (Fsp3) is 0.818. The van der Waals surface area contributed by atoms with Crippen molar-refractivity contribution in [2.24, 2.45) is 5.92 Å². The van der Waals surface area contributed by atoms with Crippen LogP contribution in [0.2, 0.25) is 0 Å². The SMILES string of the molecule is COC(=O)NC(C(=O)C1CN1)C1CCCC1. The molecule has 1 aliphatic carbocycles. The topological polar surface area (TPSA) is 77.3 Å². The van der Waals surface area contributed by atoms with Crippen molar-refractivity contribution in [2.75, 3.05) is 13.7 Å². The second-order valence-corrected chi connectivity index (χ2v) is 4.52. The smallest absolute Gasteiger partial charge is 0.407 e. The molecule has 16 heavy (non-hydrogen) atoms. The van der Waals surface area contributed by atoms with Crippen molar-refractivity contribution < 1.29 is 14.3 Å². The minimum Gasteiger partial charge on any atom is -0.453 e. The lowest BCUT2D eigenvalue weighted by Crippen LogP contribution is -2.47. The molecular formula is C11H18N2O3. The van der Waals surface area contributed by atoms with E-state index >= 15 is 0 Å². The number of nitrogens with one attached hydrogen (secondary N) is 2. The summed E-state index contributed by atoms with van der Waals surface area (Å²) in [6.45, 7) is 0.741. The molecule has 0 spiro atoms. The first kappa shape index (κ1) is 11.4. The van der Waals surface area contributed by atoms with Gasteiger partial charge in [-0.05, 0) is 18.8 Å². The number of hydrogen-bond donors (Lipinski definition) is 2. The Morgan fingerprint density at radius 1 is 1.38 bits per heavy atom. The molecule has 5 heteroatoms. The number of hydrogen-bond acceptors (Lipinski definition) is 4. The Hall–Kier alpha value is -1.10. The third-order valence-corrected chi connectivity index (χ3v) is 3.39. The molecule has 0 bridgehead atoms. The molecule has 0 radical (unpaired) electrons. The monoisotopic (exact) mass is 226 g/mol. The van der Waals surface area contributed by atoms with Crippen LogP contribution in [0.5, 0.6) is 0 Å². The molecule has 0 aromatic heterocycles. The van der Waals surface area contributed by atoms with Gasteiger partial charge in [0, 0.05) is 6.54 Å². The van der Waals surface area contributed by atoms with Crippen LogP contribution in [0.25, 0.3) is 0 Å². The summed E-state index contributed by atoms with van der Waals surface area (Å²) in [7, 11) is 1.32. The Balaban J connectivity index is 1.98. The Bertz CT molecular complexity index is 283. The van der Waals surface area contributed by atoms with E-state index in [1.54, 1.807) is 0 Å². The number of methoxy groups -OCH3 is 1. The van der Waals surface area contributed by atoms with Crippen molar-refractivity contribution in [3.8, 4) is 0 Å². The van der Waals surface area contributed by atoms with Gasteiger partial charge in [-0.2, -0.15) is 0 Å². The van der Waals surface area contributed by atoms with E-state index in [-0.39, 0.29) is 23.8 Å². The Morgan fingerprint density at radius 3 is 2.50 bits per heavy atom. The molecule has 0 aromatic rings. The zero-order valence-corrected chi connectivity index (χ0v) is 9.49. The summed E-state index contributed by atoms with van der Waals surface area (Å²) in [5.74, 6) is 0.395. The van der Waals surface area contributed by atoms with Crippen molar-refractivity contribution in [3.63, 3.8) is 0 Å². The highest BCUT2D eigenvalue weighted by molar-refractivity contribution is 5.94. The van der Waals surface area contributed by atoms with Crippen LogP contribution in [0, 0.1) is 5.92 Å². The molecule has 2 atom stereocenters. The zero-order valence-electron chi connectivity index (χ0n) is 9.49. The van der Waals surface area contributed by atoms with Gasteiger partial charge in [0.1, 0.15) is 0 Å². The molecule has 2 unspecified atom stereocenters. The predicted molar refractivity (Wildman–Crippen MR) is 58.1 cm³/mol. The summed E-state index contributed by atoms with van der Waals surface area (Å²) in [6, 6.07) is -0.419. The van der Waals surface area contributed by atoms with Gasteiger partial charge in [0.25, 0.3) is 0 Å². The lowest BCUT2D eigenvalue weighted by atomic mass is 9.93. The van der Waals surface area contributed by atoms with Crippen LogP contribution >= 0.6 is 0 Å². The number of amides is 1. The molecule has 5 nitrogen and oxygen atoms in total. The first-order valence-electron chi connectivity index (χ1n) is 5.84. The number of rotatable bonds is 4. The molecule has 2 rings (SSSR count). The summed E-state index contributed by atoms with van der Waals surface area (Å²) < 4.78 is 4.57. The molecule has 1 saturated carbocycles. The largest absolute Gasteiger partial charge is 0.453 e. The van der Waals surface area contributed by atoms with Crippen LogP contribution in [0.3, 0.4) is 0 Å². The van der Waals surface area contributed by atoms with E-state index in [4.69, 9.17) is 0 Å². The van der Waals surface area contributed by atoms with Gasteiger partial charge in [0.15, 0.2) is 5.78 Å². The van der Waals surface area contributed by atoms with Gasteiger partial charge in [0.2, 0.25) is 0 Å². The van der Waals surface area contributed by atoms with Gasteiger partial charge in [-0.3, -0.25) is 4.79 Å². The maximum absolute atomic E-state index is 12.0. The summed E-state index contributed by atoms with van der Waals surface area (Å²) in [5, 5.41) is 5.67. The van der Waals surface area contributed by atoms with E-state index < -0.39 is 6.09 Å². The predicted octanol–water partition coefficient (Wildman–Crippen LogP) is 0.442. The van der Waals surface area contributed by atoms with Crippen LogP contribution in [0.1, 0.15) is 25.7 Å². The highest BCUT2D eigenvalue weighted by Crippen LogP contribution is 2.29. The second kappa shape index (κ2) is 4.82. The third-order valence-electron chi connectivity index (χ3n) is 3.39. The van der Waals surface area contributed by atoms with Gasteiger partial charge in [-0.15, -0.1) is 0 Å². The lowest BCUT2D eigenvalue weighted by Gasteiger charge is -2.22. The van der Waals surface area contributed by atoms with Gasteiger partial charge >= 0.3 is 6.09 Å². The van der Waals surface area contributed by atoms with Crippen molar-refractivity contribution >= 4 is 11.9 Å². The van der Waals surface area contributed by atoms with E-state index in [0.29, 0.717) is 0 Å². The Morgan fingerprint density at radius 2 is 2.00 bits per heavy atom. The molecule has 90 valence electrons. The van der Waals surface area contributed by atoms with Crippen LogP contribution < -0.4 is 10.6 Å². The van der Waals surface area contributed by atoms with Gasteiger partial charge in [-0.25, -0.2) is 4.79 Å². The first-order valence-corrected chi connectivity index (χ1v) is 5.84. The van der Waals surface area contributed by atoms with Gasteiger partial charge < -0.3 is 15.4 Å². The normalized spacial score (nSPS) is 26.2. The van der Waals surface area contributed by atoms with Crippen LogP contribution in [0.15, 0.2) is 0 Å². The fourth-order valence-corrected chi connectivity index (χ4v) is 2.37. The number of alkyl carbamates (subject to hydrolysis) is 1. The molecule has 1 heterocycles. The second-order valence-electron chi connectivity index (χ2n) is 4.52. The average molecular weight is 226 g/mol. The summed E-state index contributed by atoms with van der Waals surface area (Å²) in [4.78, 5) is 23.2. The number of ketones is 1. The lowest BCUT2D eigenvalue weighted by molar-refractivity contribution is -0.121. The van der Waals surface area contributed by atoms with Crippen molar-refractivity contribution in [2.45, 2.75) is 37.8 Å². The van der Waals surface area contributed by atoms with Crippen LogP contribution in [-0.2, 0) is 9.53 Å². The Kier molecular flexibility index (Phi) is 3.43.